The fourth-order valence-corrected chi connectivity index (χ4v) is 4.69. The van der Waals surface area contributed by atoms with Crippen LogP contribution in [0.3, 0.4) is 0 Å². The van der Waals surface area contributed by atoms with E-state index < -0.39 is 10.0 Å². The van der Waals surface area contributed by atoms with E-state index in [1.807, 2.05) is 17.9 Å². The SMILES string of the molecule is CNS(=O)(=O)c1cc(C(=O)N2CCN(CCc3ccccc3)CC2)cc(C)c1C. The van der Waals surface area contributed by atoms with Gasteiger partial charge in [0.15, 0.2) is 0 Å². The Labute approximate surface area is 173 Å². The van der Waals surface area contributed by atoms with Gasteiger partial charge in [0.1, 0.15) is 0 Å². The zero-order valence-corrected chi connectivity index (χ0v) is 18.1. The summed E-state index contributed by atoms with van der Waals surface area (Å²) in [5.74, 6) is -0.108. The number of sulfonamides is 1. The smallest absolute Gasteiger partial charge is 0.253 e. The summed E-state index contributed by atoms with van der Waals surface area (Å²) in [5.41, 5.74) is 3.21. The monoisotopic (exact) mass is 415 g/mol. The molecule has 0 aromatic heterocycles. The van der Waals surface area contributed by atoms with E-state index in [4.69, 9.17) is 0 Å². The minimum Gasteiger partial charge on any atom is -0.336 e. The molecule has 3 rings (SSSR count). The number of hydrogen-bond acceptors (Lipinski definition) is 4. The average Bonchev–Trinajstić information content (AvgIpc) is 2.74. The number of aryl methyl sites for hydroxylation is 1. The van der Waals surface area contributed by atoms with Gasteiger partial charge in [-0.3, -0.25) is 9.69 Å². The van der Waals surface area contributed by atoms with Crippen LogP contribution in [-0.4, -0.2) is 63.9 Å². The predicted octanol–water partition coefficient (Wildman–Crippen LogP) is 2.21. The van der Waals surface area contributed by atoms with E-state index >= 15 is 0 Å². The number of carbonyl (C=O) groups excluding carboxylic acids is 1. The van der Waals surface area contributed by atoms with Crippen molar-refractivity contribution in [3.63, 3.8) is 0 Å². The molecule has 1 N–H and O–H groups in total. The summed E-state index contributed by atoms with van der Waals surface area (Å²) in [7, 11) is -2.23. The fourth-order valence-electron chi connectivity index (χ4n) is 3.63. The summed E-state index contributed by atoms with van der Waals surface area (Å²) in [5, 5.41) is 0. The van der Waals surface area contributed by atoms with Gasteiger partial charge in [-0.15, -0.1) is 0 Å². The number of benzene rings is 2. The van der Waals surface area contributed by atoms with Crippen molar-refractivity contribution in [1.29, 1.82) is 0 Å². The standard InChI is InChI=1S/C22H29N3O3S/c1-17-15-20(16-21(18(17)2)29(27,28)23-3)22(26)25-13-11-24(12-14-25)10-9-19-7-5-4-6-8-19/h4-8,15-16,23H,9-14H2,1-3H3. The van der Waals surface area contributed by atoms with Gasteiger partial charge in [0.05, 0.1) is 4.90 Å². The fraction of sp³-hybridized carbons (Fsp3) is 0.409. The summed E-state index contributed by atoms with van der Waals surface area (Å²) in [6.07, 6.45) is 0.997. The third kappa shape index (κ3) is 5.04. The maximum absolute atomic E-state index is 13.0. The maximum atomic E-state index is 13.0. The molecule has 1 aliphatic rings. The first-order valence-corrected chi connectivity index (χ1v) is 11.4. The van der Waals surface area contributed by atoms with Gasteiger partial charge < -0.3 is 4.90 Å². The highest BCUT2D eigenvalue weighted by atomic mass is 32.2. The zero-order valence-electron chi connectivity index (χ0n) is 17.3. The Bertz CT molecular complexity index is 966. The minimum atomic E-state index is -3.61. The average molecular weight is 416 g/mol. The lowest BCUT2D eigenvalue weighted by atomic mass is 10.0. The van der Waals surface area contributed by atoms with Crippen LogP contribution in [0.2, 0.25) is 0 Å². The van der Waals surface area contributed by atoms with Gasteiger partial charge in [0.25, 0.3) is 5.91 Å². The van der Waals surface area contributed by atoms with Crippen LogP contribution < -0.4 is 4.72 Å². The number of carbonyl (C=O) groups is 1. The number of piperazine rings is 1. The van der Waals surface area contributed by atoms with Gasteiger partial charge in [0.2, 0.25) is 10.0 Å². The maximum Gasteiger partial charge on any atom is 0.253 e. The quantitative estimate of drug-likeness (QED) is 0.785. The van der Waals surface area contributed by atoms with Crippen molar-refractivity contribution in [2.45, 2.75) is 25.2 Å². The number of nitrogens with one attached hydrogen (secondary N) is 1. The van der Waals surface area contributed by atoms with Crippen LogP contribution in [0.4, 0.5) is 0 Å². The highest BCUT2D eigenvalue weighted by molar-refractivity contribution is 7.89. The van der Waals surface area contributed by atoms with Gasteiger partial charge in [0, 0.05) is 38.3 Å². The van der Waals surface area contributed by atoms with Crippen molar-refractivity contribution in [1.82, 2.24) is 14.5 Å². The molecule has 1 saturated heterocycles. The Hall–Kier alpha value is -2.22. The molecule has 29 heavy (non-hydrogen) atoms. The van der Waals surface area contributed by atoms with Gasteiger partial charge >= 0.3 is 0 Å². The van der Waals surface area contributed by atoms with E-state index in [1.54, 1.807) is 13.0 Å². The summed E-state index contributed by atoms with van der Waals surface area (Å²) >= 11 is 0. The lowest BCUT2D eigenvalue weighted by Gasteiger charge is -2.35. The van der Waals surface area contributed by atoms with Crippen LogP contribution >= 0.6 is 0 Å². The third-order valence-corrected chi connectivity index (χ3v) is 7.18. The van der Waals surface area contributed by atoms with Gasteiger partial charge in [-0.25, -0.2) is 13.1 Å². The van der Waals surface area contributed by atoms with Gasteiger partial charge in [-0.05, 0) is 56.1 Å². The molecule has 2 aromatic carbocycles. The molecule has 6 nitrogen and oxygen atoms in total. The molecule has 0 bridgehead atoms. The second-order valence-electron chi connectivity index (χ2n) is 7.49. The molecule has 0 spiro atoms. The van der Waals surface area contributed by atoms with Crippen molar-refractivity contribution in [2.75, 3.05) is 39.8 Å². The molecule has 156 valence electrons. The van der Waals surface area contributed by atoms with E-state index in [0.29, 0.717) is 24.2 Å². The molecule has 0 aliphatic carbocycles. The number of nitrogens with zero attached hydrogens (tertiary/aromatic N) is 2. The second kappa shape index (κ2) is 9.07. The Morgan fingerprint density at radius 3 is 2.31 bits per heavy atom. The van der Waals surface area contributed by atoms with Crippen molar-refractivity contribution < 1.29 is 13.2 Å². The molecule has 0 saturated carbocycles. The van der Waals surface area contributed by atoms with Gasteiger partial charge in [-0.2, -0.15) is 0 Å². The topological polar surface area (TPSA) is 69.7 Å². The Kier molecular flexibility index (Phi) is 6.72. The zero-order chi connectivity index (χ0) is 21.0. The van der Waals surface area contributed by atoms with Crippen molar-refractivity contribution >= 4 is 15.9 Å². The number of hydrogen-bond donors (Lipinski definition) is 1. The van der Waals surface area contributed by atoms with Crippen molar-refractivity contribution in [3.8, 4) is 0 Å². The van der Waals surface area contributed by atoms with Crippen LogP contribution in [0.25, 0.3) is 0 Å². The lowest BCUT2D eigenvalue weighted by Crippen LogP contribution is -2.49. The van der Waals surface area contributed by atoms with Crippen LogP contribution in [0, 0.1) is 13.8 Å². The van der Waals surface area contributed by atoms with Crippen molar-refractivity contribution in [3.05, 3.63) is 64.7 Å². The third-order valence-electron chi connectivity index (χ3n) is 5.64. The number of amides is 1. The van der Waals surface area contributed by atoms with E-state index in [0.717, 1.165) is 31.6 Å². The van der Waals surface area contributed by atoms with E-state index in [9.17, 15) is 13.2 Å². The summed E-state index contributed by atoms with van der Waals surface area (Å²) in [6, 6.07) is 13.7. The van der Waals surface area contributed by atoms with Crippen LogP contribution in [-0.2, 0) is 16.4 Å². The second-order valence-corrected chi connectivity index (χ2v) is 9.35. The van der Waals surface area contributed by atoms with E-state index in [1.165, 1.54) is 18.7 Å². The predicted molar refractivity (Wildman–Crippen MR) is 115 cm³/mol. The molecule has 0 unspecified atom stereocenters. The molecular weight excluding hydrogens is 386 g/mol. The first-order valence-electron chi connectivity index (χ1n) is 9.92. The number of rotatable bonds is 6. The highest BCUT2D eigenvalue weighted by Crippen LogP contribution is 2.22. The first kappa shape index (κ1) is 21.5. The van der Waals surface area contributed by atoms with Crippen LogP contribution in [0.5, 0.6) is 0 Å². The lowest BCUT2D eigenvalue weighted by molar-refractivity contribution is 0.0638. The highest BCUT2D eigenvalue weighted by Gasteiger charge is 2.25. The Morgan fingerprint density at radius 1 is 1.03 bits per heavy atom. The minimum absolute atomic E-state index is 0.108. The molecule has 1 amide bonds. The summed E-state index contributed by atoms with van der Waals surface area (Å²) < 4.78 is 27.0. The molecule has 0 atom stereocenters. The first-order chi connectivity index (χ1) is 13.8. The van der Waals surface area contributed by atoms with E-state index in [-0.39, 0.29) is 10.8 Å². The molecule has 2 aromatic rings. The summed E-state index contributed by atoms with van der Waals surface area (Å²) in [4.78, 5) is 17.4. The van der Waals surface area contributed by atoms with Gasteiger partial charge in [-0.1, -0.05) is 30.3 Å². The molecular formula is C22H29N3O3S. The Morgan fingerprint density at radius 2 is 1.69 bits per heavy atom. The van der Waals surface area contributed by atoms with E-state index in [2.05, 4.69) is 33.9 Å². The molecule has 0 radical (unpaired) electrons. The van der Waals surface area contributed by atoms with Crippen molar-refractivity contribution in [2.24, 2.45) is 0 Å². The molecule has 1 fully saturated rings. The molecule has 1 aliphatic heterocycles. The normalized spacial score (nSPS) is 15.5. The molecule has 1 heterocycles. The largest absolute Gasteiger partial charge is 0.336 e. The molecule has 7 heteroatoms. The van der Waals surface area contributed by atoms with Crippen LogP contribution in [0.15, 0.2) is 47.4 Å². The van der Waals surface area contributed by atoms with Crippen LogP contribution in [0.1, 0.15) is 27.0 Å². The summed E-state index contributed by atoms with van der Waals surface area (Å²) in [6.45, 7) is 7.52. The Balaban J connectivity index is 1.65.